The van der Waals surface area contributed by atoms with Crippen LogP contribution in [-0.2, 0) is 4.74 Å². The highest BCUT2D eigenvalue weighted by molar-refractivity contribution is 5.55. The van der Waals surface area contributed by atoms with Gasteiger partial charge in [0.1, 0.15) is 0 Å². The molecule has 0 spiro atoms. The minimum absolute atomic E-state index is 0.0156. The van der Waals surface area contributed by atoms with E-state index in [0.29, 0.717) is 17.3 Å². The van der Waals surface area contributed by atoms with E-state index < -0.39 is 4.92 Å². The van der Waals surface area contributed by atoms with Crippen LogP contribution in [0.1, 0.15) is 32.7 Å². The normalized spacial score (nSPS) is 23.1. The van der Waals surface area contributed by atoms with E-state index >= 15 is 0 Å². The van der Waals surface area contributed by atoms with Crippen LogP contribution in [0.25, 0.3) is 11.5 Å². The molecule has 1 saturated heterocycles. The SMILES string of the molecule is C[C@H]1CN([C@@H](C)c2nnc(-c3ccc([N+](=O)[O-])cc3)o2)C[C@H](C)O1. The largest absolute Gasteiger partial charge is 0.419 e. The summed E-state index contributed by atoms with van der Waals surface area (Å²) in [6.45, 7) is 7.73. The molecule has 8 heteroatoms. The summed E-state index contributed by atoms with van der Waals surface area (Å²) in [7, 11) is 0. The quantitative estimate of drug-likeness (QED) is 0.627. The van der Waals surface area contributed by atoms with E-state index in [0.717, 1.165) is 13.1 Å². The van der Waals surface area contributed by atoms with Gasteiger partial charge in [-0.15, -0.1) is 10.2 Å². The Morgan fingerprint density at radius 3 is 2.42 bits per heavy atom. The summed E-state index contributed by atoms with van der Waals surface area (Å²) in [5.41, 5.74) is 0.693. The Labute approximate surface area is 139 Å². The third-order valence-electron chi connectivity index (χ3n) is 4.12. The van der Waals surface area contributed by atoms with Gasteiger partial charge in [0.05, 0.1) is 23.2 Å². The van der Waals surface area contributed by atoms with Gasteiger partial charge in [0.25, 0.3) is 5.69 Å². The molecule has 1 fully saturated rings. The second-order valence-corrected chi connectivity index (χ2v) is 6.14. The molecule has 0 aliphatic carbocycles. The molecule has 1 aliphatic heterocycles. The van der Waals surface area contributed by atoms with Crippen LogP contribution >= 0.6 is 0 Å². The topological polar surface area (TPSA) is 94.5 Å². The van der Waals surface area contributed by atoms with Crippen molar-refractivity contribution in [1.82, 2.24) is 15.1 Å². The molecule has 2 aromatic rings. The van der Waals surface area contributed by atoms with Crippen LogP contribution in [0.4, 0.5) is 5.69 Å². The zero-order valence-corrected chi connectivity index (χ0v) is 13.9. The number of non-ortho nitro benzene ring substituents is 1. The van der Waals surface area contributed by atoms with E-state index in [9.17, 15) is 10.1 Å². The Morgan fingerprint density at radius 2 is 1.83 bits per heavy atom. The molecule has 0 radical (unpaired) electrons. The molecule has 0 bridgehead atoms. The van der Waals surface area contributed by atoms with Gasteiger partial charge in [-0.05, 0) is 32.9 Å². The van der Waals surface area contributed by atoms with Crippen LogP contribution in [0.2, 0.25) is 0 Å². The van der Waals surface area contributed by atoms with Gasteiger partial charge in [-0.25, -0.2) is 0 Å². The number of benzene rings is 1. The number of morpholine rings is 1. The van der Waals surface area contributed by atoms with Crippen LogP contribution in [0.15, 0.2) is 28.7 Å². The number of hydrogen-bond donors (Lipinski definition) is 0. The second-order valence-electron chi connectivity index (χ2n) is 6.14. The first-order valence-corrected chi connectivity index (χ1v) is 7.91. The van der Waals surface area contributed by atoms with E-state index in [4.69, 9.17) is 9.15 Å². The smallest absolute Gasteiger partial charge is 0.269 e. The maximum atomic E-state index is 10.7. The predicted octanol–water partition coefficient (Wildman–Crippen LogP) is 2.82. The molecule has 128 valence electrons. The third kappa shape index (κ3) is 3.44. The van der Waals surface area contributed by atoms with Crippen LogP contribution in [0.5, 0.6) is 0 Å². The first-order valence-electron chi connectivity index (χ1n) is 7.91. The van der Waals surface area contributed by atoms with Gasteiger partial charge in [0.15, 0.2) is 0 Å². The van der Waals surface area contributed by atoms with E-state index in [1.165, 1.54) is 12.1 Å². The molecule has 1 aromatic heterocycles. The molecule has 3 atom stereocenters. The molecule has 0 saturated carbocycles. The van der Waals surface area contributed by atoms with Gasteiger partial charge in [-0.3, -0.25) is 15.0 Å². The summed E-state index contributed by atoms with van der Waals surface area (Å²) in [5.74, 6) is 0.894. The summed E-state index contributed by atoms with van der Waals surface area (Å²) in [6, 6.07) is 6.05. The molecule has 24 heavy (non-hydrogen) atoms. The molecule has 0 amide bonds. The first-order chi connectivity index (χ1) is 11.4. The number of nitro benzene ring substituents is 1. The zero-order valence-electron chi connectivity index (χ0n) is 13.9. The Bertz CT molecular complexity index is 705. The van der Waals surface area contributed by atoms with Crippen molar-refractivity contribution in [2.75, 3.05) is 13.1 Å². The molecule has 8 nitrogen and oxygen atoms in total. The Hall–Kier alpha value is -2.32. The Balaban J connectivity index is 1.76. The Kier molecular flexibility index (Phi) is 4.59. The maximum Gasteiger partial charge on any atom is 0.269 e. The fraction of sp³-hybridized carbons (Fsp3) is 0.500. The number of hydrogen-bond acceptors (Lipinski definition) is 7. The highest BCUT2D eigenvalue weighted by Crippen LogP contribution is 2.27. The molecule has 3 rings (SSSR count). The van der Waals surface area contributed by atoms with Crippen molar-refractivity contribution in [3.8, 4) is 11.5 Å². The summed E-state index contributed by atoms with van der Waals surface area (Å²) >= 11 is 0. The number of ether oxygens (including phenoxy) is 1. The van der Waals surface area contributed by atoms with Gasteiger partial charge >= 0.3 is 0 Å². The fourth-order valence-electron chi connectivity index (χ4n) is 2.94. The van der Waals surface area contributed by atoms with Crippen molar-refractivity contribution >= 4 is 5.69 Å². The van der Waals surface area contributed by atoms with Gasteiger partial charge in [0, 0.05) is 30.8 Å². The summed E-state index contributed by atoms with van der Waals surface area (Å²) in [4.78, 5) is 12.5. The van der Waals surface area contributed by atoms with Crippen LogP contribution in [0.3, 0.4) is 0 Å². The number of nitro groups is 1. The van der Waals surface area contributed by atoms with Gasteiger partial charge in [-0.2, -0.15) is 0 Å². The zero-order chi connectivity index (χ0) is 17.3. The molecule has 2 heterocycles. The molecular weight excluding hydrogens is 312 g/mol. The molecule has 0 unspecified atom stereocenters. The van der Waals surface area contributed by atoms with E-state index in [1.54, 1.807) is 12.1 Å². The fourth-order valence-corrected chi connectivity index (χ4v) is 2.94. The van der Waals surface area contributed by atoms with Crippen molar-refractivity contribution < 1.29 is 14.1 Å². The highest BCUT2D eigenvalue weighted by atomic mass is 16.6. The lowest BCUT2D eigenvalue weighted by Gasteiger charge is -2.37. The molecular formula is C16H20N4O4. The lowest BCUT2D eigenvalue weighted by Crippen LogP contribution is -2.46. The second kappa shape index (κ2) is 6.66. The van der Waals surface area contributed by atoms with Crippen molar-refractivity contribution in [2.24, 2.45) is 0 Å². The van der Waals surface area contributed by atoms with E-state index in [-0.39, 0.29) is 23.9 Å². The average molecular weight is 332 g/mol. The number of aromatic nitrogens is 2. The summed E-state index contributed by atoms with van der Waals surface area (Å²) < 4.78 is 11.5. The molecule has 1 aliphatic rings. The minimum atomic E-state index is -0.439. The van der Waals surface area contributed by atoms with Crippen molar-refractivity contribution in [2.45, 2.75) is 39.0 Å². The van der Waals surface area contributed by atoms with Crippen LogP contribution < -0.4 is 0 Å². The predicted molar refractivity (Wildman–Crippen MR) is 86.4 cm³/mol. The molecule has 0 N–H and O–H groups in total. The van der Waals surface area contributed by atoms with Crippen molar-refractivity contribution in [3.05, 3.63) is 40.3 Å². The van der Waals surface area contributed by atoms with Crippen LogP contribution in [-0.4, -0.2) is 45.3 Å². The maximum absolute atomic E-state index is 10.7. The standard InChI is InChI=1S/C16H20N4O4/c1-10-8-19(9-11(2)23-10)12(3)15-17-18-16(24-15)13-4-6-14(7-5-13)20(21)22/h4-7,10-12H,8-9H2,1-3H3/t10-,11-,12-/m0/s1. The number of rotatable bonds is 4. The highest BCUT2D eigenvalue weighted by Gasteiger charge is 2.29. The van der Waals surface area contributed by atoms with Gasteiger partial charge in [0.2, 0.25) is 11.8 Å². The van der Waals surface area contributed by atoms with E-state index in [1.807, 2.05) is 20.8 Å². The van der Waals surface area contributed by atoms with Crippen LogP contribution in [0, 0.1) is 10.1 Å². The average Bonchev–Trinajstić information content (AvgIpc) is 3.03. The lowest BCUT2D eigenvalue weighted by atomic mass is 10.2. The number of nitrogens with zero attached hydrogens (tertiary/aromatic N) is 4. The molecule has 1 aromatic carbocycles. The minimum Gasteiger partial charge on any atom is -0.419 e. The summed E-state index contributed by atoms with van der Waals surface area (Å²) in [6.07, 6.45) is 0.321. The lowest BCUT2D eigenvalue weighted by molar-refractivity contribution is -0.384. The monoisotopic (exact) mass is 332 g/mol. The third-order valence-corrected chi connectivity index (χ3v) is 4.12. The summed E-state index contributed by atoms with van der Waals surface area (Å²) in [5, 5.41) is 18.9. The van der Waals surface area contributed by atoms with E-state index in [2.05, 4.69) is 15.1 Å². The van der Waals surface area contributed by atoms with Gasteiger partial charge < -0.3 is 9.15 Å². The first kappa shape index (κ1) is 16.5. The Morgan fingerprint density at radius 1 is 1.21 bits per heavy atom. The van der Waals surface area contributed by atoms with Crippen molar-refractivity contribution in [1.29, 1.82) is 0 Å². The van der Waals surface area contributed by atoms with Gasteiger partial charge in [-0.1, -0.05) is 0 Å². The van der Waals surface area contributed by atoms with Crippen molar-refractivity contribution in [3.63, 3.8) is 0 Å².